The van der Waals surface area contributed by atoms with Gasteiger partial charge in [-0.25, -0.2) is 15.2 Å². The number of carbonyl (C=O) groups excluding carboxylic acids is 1. The van der Waals surface area contributed by atoms with Crippen molar-refractivity contribution in [1.29, 1.82) is 0 Å². The Balaban J connectivity index is 1.84. The van der Waals surface area contributed by atoms with Crippen LogP contribution in [0.5, 0.6) is 0 Å². The van der Waals surface area contributed by atoms with Crippen LogP contribution in [0, 0.1) is 0 Å². The lowest BCUT2D eigenvalue weighted by molar-refractivity contribution is -0.116. The Morgan fingerprint density at radius 3 is 2.64 bits per heavy atom. The smallest absolute Gasteiger partial charge is 0.352 e. The zero-order chi connectivity index (χ0) is 19.8. The summed E-state index contributed by atoms with van der Waals surface area (Å²) in [5.74, 6) is -1.38. The van der Waals surface area contributed by atoms with E-state index in [1.807, 2.05) is 30.3 Å². The number of para-hydroxylation sites is 1. The SMILES string of the molecule is O=C(O)c1[nH]c2cc(Cl)cc(Cl)c2c1C=C1CCNN(c2ccccc2)C1=O. The summed E-state index contributed by atoms with van der Waals surface area (Å²) in [5.41, 5.74) is 5.08. The van der Waals surface area contributed by atoms with Crippen LogP contribution in [0.4, 0.5) is 5.69 Å². The van der Waals surface area contributed by atoms with Crippen molar-refractivity contribution in [3.05, 3.63) is 69.3 Å². The van der Waals surface area contributed by atoms with Crippen LogP contribution in [-0.2, 0) is 4.79 Å². The van der Waals surface area contributed by atoms with Crippen LogP contribution in [-0.4, -0.2) is 28.5 Å². The Bertz CT molecular complexity index is 1120. The molecule has 2 heterocycles. The van der Waals surface area contributed by atoms with Crippen LogP contribution in [0.3, 0.4) is 0 Å². The van der Waals surface area contributed by atoms with E-state index in [4.69, 9.17) is 23.2 Å². The summed E-state index contributed by atoms with van der Waals surface area (Å²) >= 11 is 12.4. The standard InChI is InChI=1S/C20H15Cl2N3O3/c21-12-9-15(22)17-14(18(20(27)28)24-16(17)10-12)8-11-6-7-23-25(19(11)26)13-4-2-1-3-5-13/h1-5,8-10,23-24H,6-7H2,(H,27,28). The maximum atomic E-state index is 13.0. The van der Waals surface area contributed by atoms with Crippen molar-refractivity contribution in [2.24, 2.45) is 0 Å². The van der Waals surface area contributed by atoms with Gasteiger partial charge in [0.25, 0.3) is 5.91 Å². The number of carboxylic acids is 1. The van der Waals surface area contributed by atoms with Gasteiger partial charge in [0.2, 0.25) is 0 Å². The van der Waals surface area contributed by atoms with Crippen LogP contribution in [0.2, 0.25) is 10.0 Å². The number of aromatic amines is 1. The molecule has 142 valence electrons. The van der Waals surface area contributed by atoms with Crippen molar-refractivity contribution in [2.75, 3.05) is 11.6 Å². The fraction of sp³-hybridized carbons (Fsp3) is 0.100. The Morgan fingerprint density at radius 1 is 1.18 bits per heavy atom. The van der Waals surface area contributed by atoms with Crippen LogP contribution < -0.4 is 10.4 Å². The van der Waals surface area contributed by atoms with Gasteiger partial charge in [0.15, 0.2) is 0 Å². The number of rotatable bonds is 3. The lowest BCUT2D eigenvalue weighted by Crippen LogP contribution is -2.48. The fourth-order valence-electron chi connectivity index (χ4n) is 3.30. The number of carboxylic acid groups (broad SMARTS) is 1. The van der Waals surface area contributed by atoms with Gasteiger partial charge in [-0.15, -0.1) is 0 Å². The Kier molecular flexibility index (Phi) is 4.85. The molecule has 2 aromatic carbocycles. The lowest BCUT2D eigenvalue weighted by atomic mass is 10.0. The van der Waals surface area contributed by atoms with Gasteiger partial charge in [-0.1, -0.05) is 41.4 Å². The van der Waals surface area contributed by atoms with E-state index in [0.717, 1.165) is 0 Å². The summed E-state index contributed by atoms with van der Waals surface area (Å²) < 4.78 is 0. The molecule has 28 heavy (non-hydrogen) atoms. The van der Waals surface area contributed by atoms with Gasteiger partial charge in [0.1, 0.15) is 5.69 Å². The number of benzene rings is 2. The number of hydrogen-bond donors (Lipinski definition) is 3. The lowest BCUT2D eigenvalue weighted by Gasteiger charge is -2.29. The topological polar surface area (TPSA) is 85.4 Å². The van der Waals surface area contributed by atoms with Crippen molar-refractivity contribution in [1.82, 2.24) is 10.4 Å². The normalized spacial score (nSPS) is 16.1. The van der Waals surface area contributed by atoms with Crippen molar-refractivity contribution in [2.45, 2.75) is 6.42 Å². The third-order valence-corrected chi connectivity index (χ3v) is 5.06. The highest BCUT2D eigenvalue weighted by atomic mass is 35.5. The summed E-state index contributed by atoms with van der Waals surface area (Å²) in [7, 11) is 0. The average Bonchev–Trinajstić information content (AvgIpc) is 3.03. The summed E-state index contributed by atoms with van der Waals surface area (Å²) in [6, 6.07) is 12.3. The molecule has 0 radical (unpaired) electrons. The van der Waals surface area contributed by atoms with Gasteiger partial charge in [-0.3, -0.25) is 4.79 Å². The van der Waals surface area contributed by atoms with Gasteiger partial charge in [-0.05, 0) is 36.8 Å². The largest absolute Gasteiger partial charge is 0.477 e. The van der Waals surface area contributed by atoms with Gasteiger partial charge in [0.05, 0.1) is 10.7 Å². The number of hydrazine groups is 1. The highest BCUT2D eigenvalue weighted by Crippen LogP contribution is 2.34. The molecule has 3 N–H and O–H groups in total. The highest BCUT2D eigenvalue weighted by molar-refractivity contribution is 6.39. The second-order valence-corrected chi connectivity index (χ2v) is 7.18. The van der Waals surface area contributed by atoms with Crippen LogP contribution in [0.1, 0.15) is 22.5 Å². The molecule has 8 heteroatoms. The van der Waals surface area contributed by atoms with E-state index < -0.39 is 5.97 Å². The number of aromatic carboxylic acids is 1. The average molecular weight is 416 g/mol. The predicted octanol–water partition coefficient (Wildman–Crippen LogP) is 4.50. The number of fused-ring (bicyclic) bond motifs is 1. The molecule has 0 atom stereocenters. The number of halogens is 2. The van der Waals surface area contributed by atoms with Crippen molar-refractivity contribution >= 4 is 57.7 Å². The van der Waals surface area contributed by atoms with Crippen LogP contribution in [0.25, 0.3) is 17.0 Å². The molecular formula is C20H15Cl2N3O3. The van der Waals surface area contributed by atoms with Crippen molar-refractivity contribution < 1.29 is 14.7 Å². The van der Waals surface area contributed by atoms with E-state index in [1.165, 1.54) is 5.01 Å². The molecule has 0 spiro atoms. The zero-order valence-electron chi connectivity index (χ0n) is 14.5. The molecule has 1 amide bonds. The number of aromatic nitrogens is 1. The Morgan fingerprint density at radius 2 is 1.93 bits per heavy atom. The molecule has 1 aliphatic heterocycles. The number of amides is 1. The van der Waals surface area contributed by atoms with E-state index >= 15 is 0 Å². The molecule has 1 saturated heterocycles. The van der Waals surface area contributed by atoms with Crippen molar-refractivity contribution in [3.63, 3.8) is 0 Å². The van der Waals surface area contributed by atoms with Gasteiger partial charge >= 0.3 is 5.97 Å². The molecule has 3 aromatic rings. The third-order valence-electron chi connectivity index (χ3n) is 4.54. The number of hydrogen-bond acceptors (Lipinski definition) is 3. The van der Waals surface area contributed by atoms with E-state index in [0.29, 0.717) is 50.7 Å². The molecule has 0 unspecified atom stereocenters. The molecule has 1 aliphatic rings. The zero-order valence-corrected chi connectivity index (χ0v) is 16.0. The summed E-state index contributed by atoms with van der Waals surface area (Å²) in [6.45, 7) is 0.538. The van der Waals surface area contributed by atoms with Crippen molar-refractivity contribution in [3.8, 4) is 0 Å². The highest BCUT2D eigenvalue weighted by Gasteiger charge is 2.26. The maximum absolute atomic E-state index is 13.0. The minimum absolute atomic E-state index is 0.0377. The van der Waals surface area contributed by atoms with Gasteiger partial charge in [-0.2, -0.15) is 0 Å². The van der Waals surface area contributed by atoms with E-state index in [-0.39, 0.29) is 11.6 Å². The predicted molar refractivity (Wildman–Crippen MR) is 110 cm³/mol. The minimum atomic E-state index is -1.14. The molecular weight excluding hydrogens is 401 g/mol. The molecule has 0 bridgehead atoms. The molecule has 6 nitrogen and oxygen atoms in total. The van der Waals surface area contributed by atoms with Crippen LogP contribution >= 0.6 is 23.2 Å². The van der Waals surface area contributed by atoms with E-state index in [2.05, 4.69) is 10.4 Å². The van der Waals surface area contributed by atoms with Gasteiger partial charge in [0, 0.05) is 33.6 Å². The second kappa shape index (κ2) is 7.31. The number of nitrogens with zero attached hydrogens (tertiary/aromatic N) is 1. The monoisotopic (exact) mass is 415 g/mol. The maximum Gasteiger partial charge on any atom is 0.352 e. The molecule has 0 saturated carbocycles. The first-order valence-corrected chi connectivity index (χ1v) is 9.29. The molecule has 1 fully saturated rings. The minimum Gasteiger partial charge on any atom is -0.477 e. The van der Waals surface area contributed by atoms with Crippen LogP contribution in [0.15, 0.2) is 48.0 Å². The molecule has 1 aromatic heterocycles. The first-order valence-electron chi connectivity index (χ1n) is 8.53. The number of nitrogens with one attached hydrogen (secondary N) is 2. The summed E-state index contributed by atoms with van der Waals surface area (Å²) in [4.78, 5) is 27.6. The molecule has 0 aliphatic carbocycles. The number of H-pyrrole nitrogens is 1. The molecule has 4 rings (SSSR count). The van der Waals surface area contributed by atoms with Gasteiger partial charge < -0.3 is 10.1 Å². The first kappa shape index (κ1) is 18.6. The second-order valence-electron chi connectivity index (χ2n) is 6.33. The summed E-state index contributed by atoms with van der Waals surface area (Å²) in [6.07, 6.45) is 2.06. The van der Waals surface area contributed by atoms with E-state index in [9.17, 15) is 14.7 Å². The Hall–Kier alpha value is -2.80. The number of anilines is 1. The number of carbonyl (C=O) groups is 2. The van der Waals surface area contributed by atoms with E-state index in [1.54, 1.807) is 18.2 Å². The third kappa shape index (κ3) is 3.26. The fourth-order valence-corrected chi connectivity index (χ4v) is 3.90. The quantitative estimate of drug-likeness (QED) is 0.549. The first-order chi connectivity index (χ1) is 13.5. The summed E-state index contributed by atoms with van der Waals surface area (Å²) in [5, 5.41) is 12.3. The Labute approximate surface area is 170 Å².